The number of nitrogens with zero attached hydrogens (tertiary/aromatic N) is 7. The number of amides is 1. The van der Waals surface area contributed by atoms with Crippen molar-refractivity contribution in [1.29, 1.82) is 0 Å². The van der Waals surface area contributed by atoms with Crippen LogP contribution in [0.15, 0.2) is 24.4 Å². The van der Waals surface area contributed by atoms with Gasteiger partial charge in [0.1, 0.15) is 0 Å². The average Bonchev–Trinajstić information content (AvgIpc) is 2.78. The van der Waals surface area contributed by atoms with Gasteiger partial charge < -0.3 is 19.4 Å². The maximum atomic E-state index is 12.4. The highest BCUT2D eigenvalue weighted by molar-refractivity contribution is 5.78. The quantitative estimate of drug-likeness (QED) is 0.746. The monoisotopic (exact) mass is 397 g/mol. The number of hydrogen-bond donors (Lipinski definition) is 0. The van der Waals surface area contributed by atoms with Crippen molar-refractivity contribution in [3.05, 3.63) is 30.1 Å². The van der Waals surface area contributed by atoms with Gasteiger partial charge in [0.05, 0.1) is 0 Å². The van der Waals surface area contributed by atoms with Crippen molar-refractivity contribution in [3.8, 4) is 6.01 Å². The second-order valence-electron chi connectivity index (χ2n) is 7.43. The summed E-state index contributed by atoms with van der Waals surface area (Å²) in [5.41, 5.74) is 0.809. The first-order valence-corrected chi connectivity index (χ1v) is 10.2. The molecule has 2 aromatic rings. The number of carbonyl (C=O) groups excluding carboxylic acids is 1. The second kappa shape index (κ2) is 9.02. The first-order valence-electron chi connectivity index (χ1n) is 10.2. The van der Waals surface area contributed by atoms with Gasteiger partial charge in [0.25, 0.3) is 5.91 Å². The van der Waals surface area contributed by atoms with Crippen molar-refractivity contribution in [3.63, 3.8) is 0 Å². The molecule has 2 aromatic heterocycles. The summed E-state index contributed by atoms with van der Waals surface area (Å²) in [5, 5.41) is 8.84. The van der Waals surface area contributed by atoms with E-state index in [2.05, 4.69) is 36.0 Å². The van der Waals surface area contributed by atoms with Gasteiger partial charge in [0.15, 0.2) is 18.2 Å². The molecular weight excluding hydrogens is 370 g/mol. The van der Waals surface area contributed by atoms with Crippen LogP contribution in [-0.4, -0.2) is 76.8 Å². The molecule has 9 nitrogen and oxygen atoms in total. The van der Waals surface area contributed by atoms with Gasteiger partial charge in [-0.05, 0) is 44.4 Å². The van der Waals surface area contributed by atoms with Crippen LogP contribution >= 0.6 is 0 Å². The lowest BCUT2D eigenvalue weighted by atomic mass is 10.1. The minimum Gasteiger partial charge on any atom is -0.453 e. The van der Waals surface area contributed by atoms with Crippen LogP contribution < -0.4 is 14.5 Å². The van der Waals surface area contributed by atoms with Gasteiger partial charge in [-0.3, -0.25) is 4.79 Å². The fourth-order valence-electron chi connectivity index (χ4n) is 3.68. The molecule has 0 N–H and O–H groups in total. The van der Waals surface area contributed by atoms with Crippen LogP contribution in [0.1, 0.15) is 25.0 Å². The lowest BCUT2D eigenvalue weighted by Gasteiger charge is -2.35. The molecule has 2 fully saturated rings. The molecule has 0 aromatic carbocycles. The highest BCUT2D eigenvalue weighted by Gasteiger charge is 2.23. The lowest BCUT2D eigenvalue weighted by Crippen LogP contribution is -2.50. The molecule has 0 atom stereocenters. The van der Waals surface area contributed by atoms with Crippen molar-refractivity contribution in [1.82, 2.24) is 25.1 Å². The number of aromatic nitrogens is 4. The van der Waals surface area contributed by atoms with Crippen LogP contribution in [0.5, 0.6) is 6.01 Å². The summed E-state index contributed by atoms with van der Waals surface area (Å²) in [6, 6.07) is 6.12. The molecule has 154 valence electrons. The summed E-state index contributed by atoms with van der Waals surface area (Å²) in [6.07, 6.45) is 5.37. The predicted molar refractivity (Wildman–Crippen MR) is 109 cm³/mol. The molecule has 0 unspecified atom stereocenters. The Balaban J connectivity index is 1.26. The zero-order valence-electron chi connectivity index (χ0n) is 16.8. The van der Waals surface area contributed by atoms with Gasteiger partial charge in [-0.2, -0.15) is 0 Å². The maximum Gasteiger partial charge on any atom is 0.317 e. The third-order valence-corrected chi connectivity index (χ3v) is 5.37. The van der Waals surface area contributed by atoms with E-state index in [-0.39, 0.29) is 18.5 Å². The molecule has 2 aliphatic rings. The number of carbonyl (C=O) groups is 1. The normalized spacial score (nSPS) is 17.3. The zero-order valence-corrected chi connectivity index (χ0v) is 16.8. The number of piperazine rings is 1. The average molecular weight is 397 g/mol. The van der Waals surface area contributed by atoms with E-state index in [1.54, 1.807) is 12.3 Å². The van der Waals surface area contributed by atoms with Gasteiger partial charge in [-0.15, -0.1) is 10.2 Å². The lowest BCUT2D eigenvalue weighted by molar-refractivity contribution is -0.133. The molecule has 1 amide bonds. The molecule has 2 aliphatic heterocycles. The Labute approximate surface area is 170 Å². The van der Waals surface area contributed by atoms with Crippen LogP contribution in [0.4, 0.5) is 11.6 Å². The Morgan fingerprint density at radius 1 is 0.931 bits per heavy atom. The van der Waals surface area contributed by atoms with E-state index in [0.717, 1.165) is 43.5 Å². The van der Waals surface area contributed by atoms with Gasteiger partial charge >= 0.3 is 6.01 Å². The summed E-state index contributed by atoms with van der Waals surface area (Å²) >= 11 is 0. The predicted octanol–water partition coefficient (Wildman–Crippen LogP) is 1.29. The molecule has 0 aliphatic carbocycles. The van der Waals surface area contributed by atoms with Crippen molar-refractivity contribution >= 4 is 17.5 Å². The zero-order chi connectivity index (χ0) is 20.1. The van der Waals surface area contributed by atoms with Gasteiger partial charge in [-0.1, -0.05) is 0 Å². The minimum absolute atomic E-state index is 0.0478. The largest absolute Gasteiger partial charge is 0.453 e. The minimum atomic E-state index is -0.0544. The Morgan fingerprint density at radius 3 is 2.21 bits per heavy atom. The van der Waals surface area contributed by atoms with Crippen LogP contribution in [0.3, 0.4) is 0 Å². The molecule has 4 rings (SSSR count). The van der Waals surface area contributed by atoms with Crippen molar-refractivity contribution in [2.45, 2.75) is 26.2 Å². The van der Waals surface area contributed by atoms with Crippen molar-refractivity contribution in [2.75, 3.05) is 55.7 Å². The fourth-order valence-corrected chi connectivity index (χ4v) is 3.68. The van der Waals surface area contributed by atoms with Crippen LogP contribution in [-0.2, 0) is 4.79 Å². The third kappa shape index (κ3) is 4.90. The molecule has 0 spiro atoms. The van der Waals surface area contributed by atoms with E-state index in [1.165, 1.54) is 19.3 Å². The molecule has 0 radical (unpaired) electrons. The van der Waals surface area contributed by atoms with E-state index in [4.69, 9.17) is 4.74 Å². The summed E-state index contributed by atoms with van der Waals surface area (Å²) in [6.45, 7) is 6.65. The van der Waals surface area contributed by atoms with Crippen molar-refractivity contribution < 1.29 is 9.53 Å². The Hall–Kier alpha value is -2.97. The van der Waals surface area contributed by atoms with Crippen LogP contribution in [0.25, 0.3) is 0 Å². The summed E-state index contributed by atoms with van der Waals surface area (Å²) in [4.78, 5) is 26.9. The summed E-state index contributed by atoms with van der Waals surface area (Å²) < 4.78 is 5.43. The maximum absolute atomic E-state index is 12.4. The second-order valence-corrected chi connectivity index (χ2v) is 7.43. The van der Waals surface area contributed by atoms with E-state index in [1.807, 2.05) is 17.9 Å². The van der Waals surface area contributed by atoms with Gasteiger partial charge in [-0.25, -0.2) is 9.97 Å². The highest BCUT2D eigenvalue weighted by Crippen LogP contribution is 2.19. The topological polar surface area (TPSA) is 87.6 Å². The number of anilines is 2. The highest BCUT2D eigenvalue weighted by atomic mass is 16.5. The molecule has 2 saturated heterocycles. The van der Waals surface area contributed by atoms with E-state index >= 15 is 0 Å². The summed E-state index contributed by atoms with van der Waals surface area (Å²) in [5.74, 6) is 1.77. The van der Waals surface area contributed by atoms with Crippen LogP contribution in [0.2, 0.25) is 0 Å². The Kier molecular flexibility index (Phi) is 6.02. The molecular formula is C20H27N7O2. The van der Waals surface area contributed by atoms with Crippen LogP contribution in [0, 0.1) is 6.92 Å². The fraction of sp³-hybridized carbons (Fsp3) is 0.550. The number of rotatable bonds is 5. The van der Waals surface area contributed by atoms with E-state index in [0.29, 0.717) is 13.1 Å². The third-order valence-electron chi connectivity index (χ3n) is 5.37. The summed E-state index contributed by atoms with van der Waals surface area (Å²) in [7, 11) is 0. The number of hydrogen-bond acceptors (Lipinski definition) is 8. The van der Waals surface area contributed by atoms with E-state index < -0.39 is 0 Å². The molecule has 0 bridgehead atoms. The number of piperidine rings is 1. The van der Waals surface area contributed by atoms with Crippen molar-refractivity contribution in [2.24, 2.45) is 0 Å². The smallest absolute Gasteiger partial charge is 0.317 e. The molecule has 9 heteroatoms. The SMILES string of the molecule is Cc1ccnc(OCC(=O)N2CCN(c3ccc(N4CCCCC4)nn3)CC2)n1. The molecule has 0 saturated carbocycles. The first-order chi connectivity index (χ1) is 14.2. The Morgan fingerprint density at radius 2 is 1.59 bits per heavy atom. The van der Waals surface area contributed by atoms with E-state index in [9.17, 15) is 4.79 Å². The first kappa shape index (κ1) is 19.4. The van der Waals surface area contributed by atoms with Gasteiger partial charge in [0.2, 0.25) is 0 Å². The number of ether oxygens (including phenoxy) is 1. The van der Waals surface area contributed by atoms with Gasteiger partial charge in [0, 0.05) is 51.2 Å². The Bertz CT molecular complexity index is 816. The number of aryl methyl sites for hydroxylation is 1. The molecule has 4 heterocycles. The standard InChI is InChI=1S/C20H27N7O2/c1-16-7-8-21-20(22-16)29-15-19(28)27-13-11-26(12-14-27)18-6-5-17(23-24-18)25-9-3-2-4-10-25/h5-8H,2-4,9-15H2,1H3. The molecule has 29 heavy (non-hydrogen) atoms.